The molecule has 1 aliphatic rings. The quantitative estimate of drug-likeness (QED) is 0.482. The smallest absolute Gasteiger partial charge is 0.320 e. The number of aliphatic hydroxyl groups excluding tert-OH is 2. The summed E-state index contributed by atoms with van der Waals surface area (Å²) in [5.74, 6) is -2.12. The van der Waals surface area contributed by atoms with Crippen LogP contribution in [0.5, 0.6) is 0 Å². The molecule has 1 unspecified atom stereocenters. The Morgan fingerprint density at radius 1 is 1.60 bits per heavy atom. The Morgan fingerprint density at radius 2 is 2.20 bits per heavy atom. The summed E-state index contributed by atoms with van der Waals surface area (Å²) in [4.78, 5) is 21.5. The van der Waals surface area contributed by atoms with Crippen LogP contribution in [-0.2, 0) is 9.59 Å². The largest absolute Gasteiger partial charge is 0.508 e. The fraction of sp³-hybridized carbons (Fsp3) is 0.333. The summed E-state index contributed by atoms with van der Waals surface area (Å²) in [5.41, 5.74) is 5.36. The SMILES string of the molecule is N[C@@H](CC1=CC(=O)C(O)C=C1O)C(=O)O. The van der Waals surface area contributed by atoms with E-state index in [1.807, 2.05) is 0 Å². The van der Waals surface area contributed by atoms with Crippen molar-refractivity contribution in [2.45, 2.75) is 18.6 Å². The van der Waals surface area contributed by atoms with Crippen LogP contribution in [-0.4, -0.2) is 39.2 Å². The Bertz CT molecular complexity index is 358. The minimum Gasteiger partial charge on any atom is -0.508 e. The lowest BCUT2D eigenvalue weighted by molar-refractivity contribution is -0.138. The second-order valence-electron chi connectivity index (χ2n) is 3.22. The Morgan fingerprint density at radius 3 is 2.73 bits per heavy atom. The third-order valence-electron chi connectivity index (χ3n) is 2.01. The van der Waals surface area contributed by atoms with E-state index in [1.165, 1.54) is 0 Å². The van der Waals surface area contributed by atoms with Crippen molar-refractivity contribution in [2.24, 2.45) is 5.73 Å². The lowest BCUT2D eigenvalue weighted by atomic mass is 9.96. The first kappa shape index (κ1) is 11.4. The first-order valence-corrected chi connectivity index (χ1v) is 4.24. The average Bonchev–Trinajstić information content (AvgIpc) is 2.13. The molecule has 6 heteroatoms. The standard InChI is InChI=1S/C9H11NO5/c10-5(9(14)15)1-4-2-7(12)8(13)3-6(4)11/h2-3,5,8,11,13H,1,10H2,(H,14,15)/t5-,8?/m0/s1. The summed E-state index contributed by atoms with van der Waals surface area (Å²) in [6, 6.07) is -1.19. The van der Waals surface area contributed by atoms with Crippen LogP contribution in [0.3, 0.4) is 0 Å². The number of allylic oxidation sites excluding steroid dienone is 1. The topological polar surface area (TPSA) is 121 Å². The number of carboxylic acid groups (broad SMARTS) is 1. The van der Waals surface area contributed by atoms with E-state index in [4.69, 9.17) is 15.9 Å². The van der Waals surface area contributed by atoms with Crippen LogP contribution in [0.4, 0.5) is 0 Å². The zero-order valence-electron chi connectivity index (χ0n) is 7.75. The van der Waals surface area contributed by atoms with Crippen molar-refractivity contribution < 1.29 is 24.9 Å². The van der Waals surface area contributed by atoms with E-state index in [0.29, 0.717) is 0 Å². The Hall–Kier alpha value is -1.66. The van der Waals surface area contributed by atoms with Crippen molar-refractivity contribution in [3.8, 4) is 0 Å². The number of aliphatic hydroxyl groups is 2. The van der Waals surface area contributed by atoms with E-state index in [1.54, 1.807) is 0 Å². The van der Waals surface area contributed by atoms with Gasteiger partial charge in [-0.25, -0.2) is 0 Å². The average molecular weight is 213 g/mol. The number of nitrogens with two attached hydrogens (primary N) is 1. The highest BCUT2D eigenvalue weighted by molar-refractivity contribution is 5.97. The summed E-state index contributed by atoms with van der Waals surface area (Å²) in [5, 5.41) is 26.9. The van der Waals surface area contributed by atoms with Crippen molar-refractivity contribution in [1.82, 2.24) is 0 Å². The molecule has 0 fully saturated rings. The van der Waals surface area contributed by atoms with E-state index in [9.17, 15) is 14.7 Å². The number of rotatable bonds is 3. The molecule has 0 aliphatic heterocycles. The molecule has 0 aromatic carbocycles. The molecule has 1 rings (SSSR count). The monoisotopic (exact) mass is 213 g/mol. The molecule has 6 nitrogen and oxygen atoms in total. The van der Waals surface area contributed by atoms with Gasteiger partial charge >= 0.3 is 5.97 Å². The molecule has 0 heterocycles. The third kappa shape index (κ3) is 2.64. The number of aliphatic carboxylic acids is 1. The van der Waals surface area contributed by atoms with Gasteiger partial charge in [0.05, 0.1) is 0 Å². The first-order chi connectivity index (χ1) is 6.91. The van der Waals surface area contributed by atoms with Crippen LogP contribution < -0.4 is 5.73 Å². The molecule has 0 saturated heterocycles. The van der Waals surface area contributed by atoms with Crippen molar-refractivity contribution >= 4 is 11.8 Å². The third-order valence-corrected chi connectivity index (χ3v) is 2.01. The van der Waals surface area contributed by atoms with E-state index in [-0.39, 0.29) is 17.8 Å². The second kappa shape index (κ2) is 4.24. The number of carboxylic acids is 1. The molecule has 0 spiro atoms. The predicted molar refractivity (Wildman–Crippen MR) is 50.0 cm³/mol. The van der Waals surface area contributed by atoms with E-state index < -0.39 is 23.9 Å². The van der Waals surface area contributed by atoms with Gasteiger partial charge in [0.1, 0.15) is 17.9 Å². The highest BCUT2D eigenvalue weighted by Crippen LogP contribution is 2.19. The van der Waals surface area contributed by atoms with Crippen molar-refractivity contribution in [2.75, 3.05) is 0 Å². The molecule has 82 valence electrons. The van der Waals surface area contributed by atoms with Crippen molar-refractivity contribution in [3.05, 3.63) is 23.5 Å². The van der Waals surface area contributed by atoms with Gasteiger partial charge in [0, 0.05) is 6.42 Å². The van der Waals surface area contributed by atoms with Crippen LogP contribution >= 0.6 is 0 Å². The zero-order valence-corrected chi connectivity index (χ0v) is 7.75. The maximum atomic E-state index is 11.0. The fourth-order valence-corrected chi connectivity index (χ4v) is 1.16. The molecule has 2 atom stereocenters. The molecule has 0 amide bonds. The van der Waals surface area contributed by atoms with Gasteiger partial charge in [-0.2, -0.15) is 0 Å². The molecule has 1 aliphatic carbocycles. The van der Waals surface area contributed by atoms with Gasteiger partial charge in [0.25, 0.3) is 0 Å². The number of carbonyl (C=O) groups is 2. The number of carbonyl (C=O) groups excluding carboxylic acids is 1. The summed E-state index contributed by atoms with van der Waals surface area (Å²) in [6.45, 7) is 0. The summed E-state index contributed by atoms with van der Waals surface area (Å²) in [6.07, 6.45) is 0.431. The first-order valence-electron chi connectivity index (χ1n) is 4.24. The number of hydrogen-bond acceptors (Lipinski definition) is 5. The summed E-state index contributed by atoms with van der Waals surface area (Å²) >= 11 is 0. The lowest BCUT2D eigenvalue weighted by Gasteiger charge is -2.15. The van der Waals surface area contributed by atoms with Gasteiger partial charge in [-0.3, -0.25) is 9.59 Å². The van der Waals surface area contributed by atoms with Crippen molar-refractivity contribution in [3.63, 3.8) is 0 Å². The fourth-order valence-electron chi connectivity index (χ4n) is 1.16. The number of ketones is 1. The maximum Gasteiger partial charge on any atom is 0.320 e. The van der Waals surface area contributed by atoms with Crippen molar-refractivity contribution in [1.29, 1.82) is 0 Å². The van der Waals surface area contributed by atoms with Crippen LogP contribution in [0.15, 0.2) is 23.5 Å². The Kier molecular flexibility index (Phi) is 3.23. The maximum absolute atomic E-state index is 11.0. The van der Waals surface area contributed by atoms with Crippen LogP contribution in [0, 0.1) is 0 Å². The molecule has 0 aromatic heterocycles. The van der Waals surface area contributed by atoms with E-state index in [0.717, 1.165) is 12.2 Å². The molecule has 5 N–H and O–H groups in total. The van der Waals surface area contributed by atoms with E-state index >= 15 is 0 Å². The molecule has 15 heavy (non-hydrogen) atoms. The Labute approximate surface area is 85.3 Å². The van der Waals surface area contributed by atoms with Gasteiger partial charge in [0.15, 0.2) is 5.78 Å². The normalized spacial score (nSPS) is 23.1. The molecular weight excluding hydrogens is 202 g/mol. The van der Waals surface area contributed by atoms with Crippen LogP contribution in [0.2, 0.25) is 0 Å². The molecule has 0 radical (unpaired) electrons. The Balaban J connectivity index is 2.79. The highest BCUT2D eigenvalue weighted by Gasteiger charge is 2.23. The van der Waals surface area contributed by atoms with Crippen LogP contribution in [0.1, 0.15) is 6.42 Å². The molecular formula is C9H11NO5. The van der Waals surface area contributed by atoms with Gasteiger partial charge in [-0.05, 0) is 17.7 Å². The van der Waals surface area contributed by atoms with Crippen LogP contribution in [0.25, 0.3) is 0 Å². The molecule has 0 aromatic rings. The molecule has 0 saturated carbocycles. The summed E-state index contributed by atoms with van der Waals surface area (Å²) in [7, 11) is 0. The predicted octanol–water partition coefficient (Wildman–Crippen LogP) is -0.900. The zero-order chi connectivity index (χ0) is 11.6. The lowest BCUT2D eigenvalue weighted by Crippen LogP contribution is -2.32. The highest BCUT2D eigenvalue weighted by atomic mass is 16.4. The number of hydrogen-bond donors (Lipinski definition) is 4. The summed E-state index contributed by atoms with van der Waals surface area (Å²) < 4.78 is 0. The molecule has 0 bridgehead atoms. The minimum atomic E-state index is -1.37. The van der Waals surface area contributed by atoms with Gasteiger partial charge in [-0.1, -0.05) is 0 Å². The van der Waals surface area contributed by atoms with Gasteiger partial charge < -0.3 is 21.1 Å². The van der Waals surface area contributed by atoms with E-state index in [2.05, 4.69) is 0 Å². The minimum absolute atomic E-state index is 0.125. The van der Waals surface area contributed by atoms with Gasteiger partial charge in [-0.15, -0.1) is 0 Å². The van der Waals surface area contributed by atoms with Gasteiger partial charge in [0.2, 0.25) is 0 Å². The second-order valence-corrected chi connectivity index (χ2v) is 3.22.